The van der Waals surface area contributed by atoms with E-state index < -0.39 is 10.0 Å². The average molecular weight is 493 g/mol. The molecule has 0 bridgehead atoms. The van der Waals surface area contributed by atoms with Crippen molar-refractivity contribution < 1.29 is 13.5 Å². The van der Waals surface area contributed by atoms with Gasteiger partial charge in [0, 0.05) is 33.9 Å². The van der Waals surface area contributed by atoms with Gasteiger partial charge in [-0.3, -0.25) is 4.31 Å². The molecule has 0 aromatic heterocycles. The number of halogens is 2. The highest BCUT2D eigenvalue weighted by Gasteiger charge is 2.31. The summed E-state index contributed by atoms with van der Waals surface area (Å²) in [5.74, 6) is 0. The molecule has 8 heteroatoms. The van der Waals surface area contributed by atoms with E-state index in [0.29, 0.717) is 34.3 Å². The van der Waals surface area contributed by atoms with Crippen molar-refractivity contribution in [2.45, 2.75) is 37.3 Å². The Morgan fingerprint density at radius 1 is 0.969 bits per heavy atom. The van der Waals surface area contributed by atoms with Crippen LogP contribution in [0.3, 0.4) is 0 Å². The normalized spacial score (nSPS) is 12.4. The molecule has 0 aliphatic heterocycles. The number of nitrogens with zero attached hydrogens (tertiary/aromatic N) is 1. The quantitative estimate of drug-likeness (QED) is 0.342. The van der Waals surface area contributed by atoms with E-state index in [1.165, 1.54) is 16.4 Å². The van der Waals surface area contributed by atoms with Crippen LogP contribution >= 0.6 is 23.2 Å². The van der Waals surface area contributed by atoms with Crippen LogP contribution in [0.4, 0.5) is 11.4 Å². The Morgan fingerprint density at radius 3 is 2.28 bits per heavy atom. The molecule has 0 fully saturated rings. The van der Waals surface area contributed by atoms with Gasteiger partial charge in [-0.25, -0.2) is 8.42 Å². The van der Waals surface area contributed by atoms with Gasteiger partial charge in [-0.15, -0.1) is 0 Å². The molecule has 0 spiro atoms. The van der Waals surface area contributed by atoms with Gasteiger partial charge >= 0.3 is 0 Å². The number of aliphatic hydroxyl groups excluding tert-OH is 1. The molecule has 0 unspecified atom stereocenters. The zero-order valence-electron chi connectivity index (χ0n) is 17.7. The first kappa shape index (κ1) is 24.4. The number of sulfonamides is 1. The molecule has 0 amide bonds. The van der Waals surface area contributed by atoms with Crippen LogP contribution in [0.15, 0.2) is 77.7 Å². The molecule has 2 N–H and O–H groups in total. The Bertz CT molecular complexity index is 1120. The summed E-state index contributed by atoms with van der Waals surface area (Å²) in [7, 11) is -3.92. The van der Waals surface area contributed by atoms with E-state index in [9.17, 15) is 13.5 Å². The molecule has 0 aliphatic rings. The van der Waals surface area contributed by atoms with E-state index in [-0.39, 0.29) is 17.5 Å². The molecule has 0 saturated heterocycles. The topological polar surface area (TPSA) is 69.6 Å². The van der Waals surface area contributed by atoms with E-state index in [4.69, 9.17) is 23.2 Å². The third kappa shape index (κ3) is 5.95. The predicted molar refractivity (Wildman–Crippen MR) is 132 cm³/mol. The minimum Gasteiger partial charge on any atom is -0.392 e. The van der Waals surface area contributed by atoms with Gasteiger partial charge in [-0.1, -0.05) is 47.5 Å². The summed E-state index contributed by atoms with van der Waals surface area (Å²) in [6.45, 7) is 2.26. The summed E-state index contributed by atoms with van der Waals surface area (Å²) in [5, 5.41) is 14.1. The van der Waals surface area contributed by atoms with E-state index in [0.717, 1.165) is 12.1 Å². The van der Waals surface area contributed by atoms with Crippen molar-refractivity contribution in [1.82, 2.24) is 0 Å². The van der Waals surface area contributed by atoms with Gasteiger partial charge in [-0.05, 0) is 68.3 Å². The Kier molecular flexibility index (Phi) is 8.43. The zero-order chi connectivity index (χ0) is 23.1. The second-order valence-electron chi connectivity index (χ2n) is 7.47. The lowest BCUT2D eigenvalue weighted by atomic mass is 10.1. The number of hydrogen-bond donors (Lipinski definition) is 2. The lowest BCUT2D eigenvalue weighted by Crippen LogP contribution is -2.39. The number of benzene rings is 3. The smallest absolute Gasteiger partial charge is 0.264 e. The lowest BCUT2D eigenvalue weighted by molar-refractivity contribution is 0.282. The first-order valence-corrected chi connectivity index (χ1v) is 12.5. The summed E-state index contributed by atoms with van der Waals surface area (Å²) >= 11 is 12.2. The number of anilines is 2. The maximum absolute atomic E-state index is 13.7. The molecule has 0 radical (unpaired) electrons. The van der Waals surface area contributed by atoms with Crippen LogP contribution in [-0.4, -0.2) is 26.1 Å². The number of hydrogen-bond acceptors (Lipinski definition) is 4. The Balaban J connectivity index is 1.88. The Morgan fingerprint density at radius 2 is 1.62 bits per heavy atom. The molecule has 0 heterocycles. The molecule has 3 aromatic carbocycles. The summed E-state index contributed by atoms with van der Waals surface area (Å²) in [6.07, 6.45) is 1.35. The fraction of sp³-hybridized carbons (Fsp3) is 0.250. The van der Waals surface area contributed by atoms with Crippen molar-refractivity contribution in [3.05, 3.63) is 88.4 Å². The number of nitrogens with one attached hydrogen (secondary N) is 1. The van der Waals surface area contributed by atoms with Crippen molar-refractivity contribution >= 4 is 44.6 Å². The lowest BCUT2D eigenvalue weighted by Gasteiger charge is -2.32. The second kappa shape index (κ2) is 11.1. The van der Waals surface area contributed by atoms with Crippen LogP contribution in [0.2, 0.25) is 10.0 Å². The average Bonchev–Trinajstić information content (AvgIpc) is 2.78. The molecule has 1 atom stereocenters. The highest BCUT2D eigenvalue weighted by Crippen LogP contribution is 2.33. The molecule has 3 aromatic rings. The minimum absolute atomic E-state index is 0.125. The molecular formula is C24H26Cl2N2O3S. The maximum Gasteiger partial charge on any atom is 0.264 e. The fourth-order valence-electron chi connectivity index (χ4n) is 3.50. The summed E-state index contributed by atoms with van der Waals surface area (Å²) in [6, 6.07) is 20.4. The molecule has 3 rings (SSSR count). The number of aliphatic hydroxyl groups is 1. The Hall–Kier alpha value is -2.25. The van der Waals surface area contributed by atoms with Crippen LogP contribution in [0, 0.1) is 0 Å². The van der Waals surface area contributed by atoms with Crippen molar-refractivity contribution in [1.29, 1.82) is 0 Å². The molecule has 170 valence electrons. The second-order valence-corrected chi connectivity index (χ2v) is 10.2. The van der Waals surface area contributed by atoms with E-state index in [1.807, 2.05) is 37.3 Å². The van der Waals surface area contributed by atoms with Crippen LogP contribution in [-0.2, 0) is 16.6 Å². The van der Waals surface area contributed by atoms with Crippen molar-refractivity contribution in [2.75, 3.05) is 16.2 Å². The van der Waals surface area contributed by atoms with E-state index >= 15 is 0 Å². The number of para-hydroxylation sites is 1. The third-order valence-electron chi connectivity index (χ3n) is 5.13. The standard InChI is InChI=1S/C24H26Cl2N2O3S/c1-18(6-5-15-27-22-7-3-2-4-8-22)28(24-16-21(26)10-9-19(24)17-29)32(30,31)23-13-11-20(25)12-14-23/h2-4,7-14,16,18,27,29H,5-6,15,17H2,1H3/t18-/m1/s1. The van der Waals surface area contributed by atoms with Crippen LogP contribution in [0.1, 0.15) is 25.3 Å². The molecular weight excluding hydrogens is 467 g/mol. The third-order valence-corrected chi connectivity index (χ3v) is 7.56. The van der Waals surface area contributed by atoms with Gasteiger partial charge in [0.1, 0.15) is 0 Å². The predicted octanol–water partition coefficient (Wildman–Crippen LogP) is 5.96. The van der Waals surface area contributed by atoms with Crippen LogP contribution < -0.4 is 9.62 Å². The zero-order valence-corrected chi connectivity index (χ0v) is 20.0. The fourth-order valence-corrected chi connectivity index (χ4v) is 5.51. The van der Waals surface area contributed by atoms with Gasteiger partial charge in [0.15, 0.2) is 0 Å². The van der Waals surface area contributed by atoms with E-state index in [1.54, 1.807) is 30.3 Å². The van der Waals surface area contributed by atoms with Crippen molar-refractivity contribution in [2.24, 2.45) is 0 Å². The SMILES string of the molecule is C[C@H](CCCNc1ccccc1)N(c1cc(Cl)ccc1CO)S(=O)(=O)c1ccc(Cl)cc1. The van der Waals surface area contributed by atoms with E-state index in [2.05, 4.69) is 5.32 Å². The van der Waals surface area contributed by atoms with Gasteiger partial charge < -0.3 is 10.4 Å². The largest absolute Gasteiger partial charge is 0.392 e. The molecule has 0 aliphatic carbocycles. The highest BCUT2D eigenvalue weighted by molar-refractivity contribution is 7.92. The number of rotatable bonds is 10. The van der Waals surface area contributed by atoms with Gasteiger partial charge in [-0.2, -0.15) is 0 Å². The first-order chi connectivity index (χ1) is 15.3. The van der Waals surface area contributed by atoms with Gasteiger partial charge in [0.2, 0.25) is 0 Å². The van der Waals surface area contributed by atoms with Crippen LogP contribution in [0.25, 0.3) is 0 Å². The van der Waals surface area contributed by atoms with Crippen LogP contribution in [0.5, 0.6) is 0 Å². The molecule has 32 heavy (non-hydrogen) atoms. The molecule has 0 saturated carbocycles. The first-order valence-electron chi connectivity index (χ1n) is 10.3. The Labute approximate surface area is 199 Å². The molecule has 5 nitrogen and oxygen atoms in total. The highest BCUT2D eigenvalue weighted by atomic mass is 35.5. The maximum atomic E-state index is 13.7. The summed E-state index contributed by atoms with van der Waals surface area (Å²) < 4.78 is 28.7. The monoisotopic (exact) mass is 492 g/mol. The summed E-state index contributed by atoms with van der Waals surface area (Å²) in [5.41, 5.74) is 1.88. The van der Waals surface area contributed by atoms with Gasteiger partial charge in [0.05, 0.1) is 17.2 Å². The van der Waals surface area contributed by atoms with Crippen molar-refractivity contribution in [3.8, 4) is 0 Å². The van der Waals surface area contributed by atoms with Crippen molar-refractivity contribution in [3.63, 3.8) is 0 Å². The minimum atomic E-state index is -3.92. The summed E-state index contributed by atoms with van der Waals surface area (Å²) in [4.78, 5) is 0.125. The van der Waals surface area contributed by atoms with Gasteiger partial charge in [0.25, 0.3) is 10.0 Å².